The standard InChI is InChI=1S/C25H17BrF3NO3/c1-14-5-7-23(30(14)18-4-2-3-15(9-18)25(31)32)19-10-16(26)6-8-24(19)33-13-20-21(28)11-17(27)12-22(20)29/h2-12H,13H2,1H3,(H,31,32). The number of hydrogen-bond donors (Lipinski definition) is 1. The molecular weight excluding hydrogens is 499 g/mol. The van der Waals surface area contributed by atoms with Crippen LogP contribution in [-0.2, 0) is 6.61 Å². The maximum atomic E-state index is 14.1. The Bertz CT molecular complexity index is 1340. The van der Waals surface area contributed by atoms with Crippen molar-refractivity contribution in [1.82, 2.24) is 4.57 Å². The summed E-state index contributed by atoms with van der Waals surface area (Å²) in [6.45, 7) is 1.43. The largest absolute Gasteiger partial charge is 0.488 e. The number of carbonyl (C=O) groups is 1. The van der Waals surface area contributed by atoms with Gasteiger partial charge in [0.2, 0.25) is 0 Å². The Hall–Kier alpha value is -3.52. The maximum absolute atomic E-state index is 14.1. The van der Waals surface area contributed by atoms with Gasteiger partial charge in [-0.3, -0.25) is 0 Å². The van der Waals surface area contributed by atoms with Gasteiger partial charge in [0.1, 0.15) is 29.8 Å². The van der Waals surface area contributed by atoms with Crippen LogP contribution in [-0.4, -0.2) is 15.6 Å². The predicted molar refractivity (Wildman–Crippen MR) is 121 cm³/mol. The van der Waals surface area contributed by atoms with Crippen LogP contribution >= 0.6 is 15.9 Å². The van der Waals surface area contributed by atoms with Crippen molar-refractivity contribution in [3.63, 3.8) is 0 Å². The zero-order valence-electron chi connectivity index (χ0n) is 17.3. The van der Waals surface area contributed by atoms with E-state index in [0.29, 0.717) is 34.8 Å². The molecule has 0 saturated heterocycles. The van der Waals surface area contributed by atoms with E-state index in [9.17, 15) is 23.1 Å². The second-order valence-electron chi connectivity index (χ2n) is 7.33. The summed E-state index contributed by atoms with van der Waals surface area (Å²) in [5.74, 6) is -3.77. The number of ether oxygens (including phenoxy) is 1. The normalized spacial score (nSPS) is 10.9. The quantitative estimate of drug-likeness (QED) is 0.303. The average Bonchev–Trinajstić information content (AvgIpc) is 3.15. The highest BCUT2D eigenvalue weighted by molar-refractivity contribution is 9.10. The summed E-state index contributed by atoms with van der Waals surface area (Å²) < 4.78 is 49.7. The molecule has 0 amide bonds. The van der Waals surface area contributed by atoms with Gasteiger partial charge in [0.05, 0.1) is 16.8 Å². The summed E-state index contributed by atoms with van der Waals surface area (Å²) in [5.41, 5.74) is 2.53. The van der Waals surface area contributed by atoms with Crippen LogP contribution in [0.1, 0.15) is 21.6 Å². The lowest BCUT2D eigenvalue weighted by Crippen LogP contribution is -2.05. The van der Waals surface area contributed by atoms with Crippen molar-refractivity contribution in [3.05, 3.63) is 105 Å². The molecule has 0 aliphatic rings. The third-order valence-electron chi connectivity index (χ3n) is 5.12. The molecule has 4 rings (SSSR count). The fourth-order valence-corrected chi connectivity index (χ4v) is 3.92. The summed E-state index contributed by atoms with van der Waals surface area (Å²) in [7, 11) is 0. The van der Waals surface area contributed by atoms with Gasteiger partial charge in [0, 0.05) is 33.6 Å². The molecule has 33 heavy (non-hydrogen) atoms. The highest BCUT2D eigenvalue weighted by Gasteiger charge is 2.18. The van der Waals surface area contributed by atoms with Crippen LogP contribution in [0.2, 0.25) is 0 Å². The van der Waals surface area contributed by atoms with Gasteiger partial charge in [0.25, 0.3) is 0 Å². The number of nitrogens with zero attached hydrogens (tertiary/aromatic N) is 1. The van der Waals surface area contributed by atoms with Gasteiger partial charge in [-0.15, -0.1) is 0 Å². The van der Waals surface area contributed by atoms with Crippen LogP contribution in [0.5, 0.6) is 5.75 Å². The van der Waals surface area contributed by atoms with E-state index in [1.54, 1.807) is 36.4 Å². The summed E-state index contributed by atoms with van der Waals surface area (Å²) in [6, 6.07) is 16.6. The summed E-state index contributed by atoms with van der Waals surface area (Å²) in [5, 5.41) is 9.36. The number of carboxylic acid groups (broad SMARTS) is 1. The molecule has 0 spiro atoms. The summed E-state index contributed by atoms with van der Waals surface area (Å²) in [4.78, 5) is 11.4. The summed E-state index contributed by atoms with van der Waals surface area (Å²) >= 11 is 3.43. The number of rotatable bonds is 6. The molecule has 168 valence electrons. The summed E-state index contributed by atoms with van der Waals surface area (Å²) in [6.07, 6.45) is 0. The number of aromatic carboxylic acids is 1. The van der Waals surface area contributed by atoms with Crippen molar-refractivity contribution in [3.8, 4) is 22.7 Å². The first-order chi connectivity index (χ1) is 15.7. The molecule has 3 aromatic carbocycles. The Kier molecular flexibility index (Phi) is 6.29. The highest BCUT2D eigenvalue weighted by atomic mass is 79.9. The number of hydrogen-bond acceptors (Lipinski definition) is 2. The lowest BCUT2D eigenvalue weighted by Gasteiger charge is -2.17. The first-order valence-electron chi connectivity index (χ1n) is 9.83. The highest BCUT2D eigenvalue weighted by Crippen LogP contribution is 2.36. The molecule has 0 bridgehead atoms. The van der Waals surface area contributed by atoms with E-state index in [4.69, 9.17) is 4.74 Å². The molecule has 1 aromatic heterocycles. The van der Waals surface area contributed by atoms with E-state index in [1.807, 2.05) is 23.6 Å². The number of aromatic nitrogens is 1. The molecule has 1 heterocycles. The maximum Gasteiger partial charge on any atom is 0.335 e. The van der Waals surface area contributed by atoms with E-state index >= 15 is 0 Å². The monoisotopic (exact) mass is 515 g/mol. The number of benzene rings is 3. The molecule has 0 saturated carbocycles. The van der Waals surface area contributed by atoms with Gasteiger partial charge in [-0.2, -0.15) is 0 Å². The number of halogens is 4. The van der Waals surface area contributed by atoms with E-state index in [0.717, 1.165) is 10.2 Å². The third-order valence-corrected chi connectivity index (χ3v) is 5.62. The van der Waals surface area contributed by atoms with Crippen molar-refractivity contribution in [1.29, 1.82) is 0 Å². The van der Waals surface area contributed by atoms with E-state index in [2.05, 4.69) is 15.9 Å². The van der Waals surface area contributed by atoms with Gasteiger partial charge in [-0.05, 0) is 55.5 Å². The number of aryl methyl sites for hydroxylation is 1. The molecule has 8 heteroatoms. The Morgan fingerprint density at radius 3 is 2.42 bits per heavy atom. The second kappa shape index (κ2) is 9.15. The van der Waals surface area contributed by atoms with Crippen LogP contribution < -0.4 is 4.74 Å². The van der Waals surface area contributed by atoms with Gasteiger partial charge in [-0.1, -0.05) is 22.0 Å². The minimum Gasteiger partial charge on any atom is -0.488 e. The molecule has 0 radical (unpaired) electrons. The van der Waals surface area contributed by atoms with Crippen LogP contribution in [0, 0.1) is 24.4 Å². The predicted octanol–water partition coefficient (Wildman–Crippen LogP) is 6.91. The third kappa shape index (κ3) is 4.66. The first kappa shape index (κ1) is 22.7. The Balaban J connectivity index is 1.77. The molecule has 4 aromatic rings. The zero-order valence-corrected chi connectivity index (χ0v) is 18.9. The molecular formula is C25H17BrF3NO3. The Morgan fingerprint density at radius 1 is 1.00 bits per heavy atom. The minimum absolute atomic E-state index is 0.138. The van der Waals surface area contributed by atoms with Gasteiger partial charge < -0.3 is 14.4 Å². The zero-order chi connectivity index (χ0) is 23.7. The van der Waals surface area contributed by atoms with Gasteiger partial charge in [-0.25, -0.2) is 18.0 Å². The van der Waals surface area contributed by atoms with E-state index in [-0.39, 0.29) is 11.1 Å². The first-order valence-corrected chi connectivity index (χ1v) is 10.6. The van der Waals surface area contributed by atoms with Crippen LogP contribution in [0.4, 0.5) is 13.2 Å². The number of carboxylic acids is 1. The lowest BCUT2D eigenvalue weighted by atomic mass is 10.1. The van der Waals surface area contributed by atoms with Crippen LogP contribution in [0.15, 0.2) is 71.2 Å². The minimum atomic E-state index is -1.04. The topological polar surface area (TPSA) is 51.5 Å². The molecule has 4 nitrogen and oxygen atoms in total. The Labute approximate surface area is 196 Å². The van der Waals surface area contributed by atoms with Crippen LogP contribution in [0.25, 0.3) is 16.9 Å². The molecule has 1 N–H and O–H groups in total. The van der Waals surface area contributed by atoms with Crippen molar-refractivity contribution < 1.29 is 27.8 Å². The molecule has 0 atom stereocenters. The van der Waals surface area contributed by atoms with E-state index < -0.39 is 30.0 Å². The van der Waals surface area contributed by atoms with Crippen molar-refractivity contribution in [2.45, 2.75) is 13.5 Å². The van der Waals surface area contributed by atoms with Crippen molar-refractivity contribution >= 4 is 21.9 Å². The fraction of sp³-hybridized carbons (Fsp3) is 0.0800. The second-order valence-corrected chi connectivity index (χ2v) is 8.24. The van der Waals surface area contributed by atoms with Crippen LogP contribution in [0.3, 0.4) is 0 Å². The average molecular weight is 516 g/mol. The molecule has 0 aliphatic heterocycles. The SMILES string of the molecule is Cc1ccc(-c2cc(Br)ccc2OCc2c(F)cc(F)cc2F)n1-c1cccc(C(=O)O)c1. The Morgan fingerprint density at radius 2 is 1.73 bits per heavy atom. The fourth-order valence-electron chi connectivity index (χ4n) is 3.56. The van der Waals surface area contributed by atoms with Crippen molar-refractivity contribution in [2.24, 2.45) is 0 Å². The van der Waals surface area contributed by atoms with E-state index in [1.165, 1.54) is 6.07 Å². The molecule has 0 unspecified atom stereocenters. The smallest absolute Gasteiger partial charge is 0.335 e. The van der Waals surface area contributed by atoms with Crippen molar-refractivity contribution in [2.75, 3.05) is 0 Å². The van der Waals surface area contributed by atoms with Gasteiger partial charge >= 0.3 is 5.97 Å². The molecule has 0 aliphatic carbocycles. The van der Waals surface area contributed by atoms with Gasteiger partial charge in [0.15, 0.2) is 0 Å². The lowest BCUT2D eigenvalue weighted by molar-refractivity contribution is 0.0697. The molecule has 0 fully saturated rings.